The van der Waals surface area contributed by atoms with Gasteiger partial charge in [-0.1, -0.05) is 6.07 Å². The van der Waals surface area contributed by atoms with E-state index in [-0.39, 0.29) is 0 Å². The van der Waals surface area contributed by atoms with Gasteiger partial charge in [-0.25, -0.2) is 9.37 Å². The second-order valence-electron chi connectivity index (χ2n) is 3.36. The lowest BCUT2D eigenvalue weighted by atomic mass is 10.2. The van der Waals surface area contributed by atoms with Crippen LogP contribution in [0.3, 0.4) is 0 Å². The van der Waals surface area contributed by atoms with Crippen LogP contribution >= 0.6 is 0 Å². The fraction of sp³-hybridized carbons (Fsp3) is 0.500. The minimum Gasteiger partial charge on any atom is -0.354 e. The van der Waals surface area contributed by atoms with E-state index >= 15 is 0 Å². The lowest BCUT2D eigenvalue weighted by Gasteiger charge is -2.29. The Hall–Kier alpha value is -1.16. The summed E-state index contributed by atoms with van der Waals surface area (Å²) in [6.07, 6.45) is 1.72. The molecule has 0 spiro atoms. The van der Waals surface area contributed by atoms with Crippen molar-refractivity contribution in [3.8, 4) is 0 Å². The van der Waals surface area contributed by atoms with Gasteiger partial charge in [0, 0.05) is 37.9 Å². The summed E-state index contributed by atoms with van der Waals surface area (Å²) in [5, 5.41) is 3.26. The van der Waals surface area contributed by atoms with Gasteiger partial charge < -0.3 is 10.2 Å². The van der Waals surface area contributed by atoms with E-state index < -0.39 is 6.67 Å². The number of aromatic nitrogens is 1. The number of hydrogen-bond donors (Lipinski definition) is 1. The minimum absolute atomic E-state index is 0.437. The lowest BCUT2D eigenvalue weighted by Crippen LogP contribution is -2.44. The van der Waals surface area contributed by atoms with Gasteiger partial charge in [-0.15, -0.1) is 0 Å². The maximum atomic E-state index is 12.7. The SMILES string of the molecule is FCc1cccnc1N1CCNCC1. The van der Waals surface area contributed by atoms with Crippen LogP contribution in [-0.2, 0) is 6.67 Å². The Balaban J connectivity index is 2.20. The second-order valence-corrected chi connectivity index (χ2v) is 3.36. The van der Waals surface area contributed by atoms with Crippen LogP contribution in [0.1, 0.15) is 5.56 Å². The van der Waals surface area contributed by atoms with Crippen LogP contribution in [0.15, 0.2) is 18.3 Å². The highest BCUT2D eigenvalue weighted by atomic mass is 19.1. The third-order valence-corrected chi connectivity index (χ3v) is 2.43. The van der Waals surface area contributed by atoms with Crippen molar-refractivity contribution < 1.29 is 4.39 Å². The van der Waals surface area contributed by atoms with Gasteiger partial charge in [0.05, 0.1) is 0 Å². The van der Waals surface area contributed by atoms with E-state index in [9.17, 15) is 4.39 Å². The highest BCUT2D eigenvalue weighted by molar-refractivity contribution is 5.46. The Labute approximate surface area is 82.9 Å². The molecule has 0 saturated carbocycles. The summed E-state index contributed by atoms with van der Waals surface area (Å²) in [4.78, 5) is 6.36. The van der Waals surface area contributed by atoms with Gasteiger partial charge in [0.25, 0.3) is 0 Å². The van der Waals surface area contributed by atoms with Gasteiger partial charge in [-0.2, -0.15) is 0 Å². The molecule has 4 heteroatoms. The average molecular weight is 195 g/mol. The van der Waals surface area contributed by atoms with Crippen LogP contribution in [0.5, 0.6) is 0 Å². The normalized spacial score (nSPS) is 17.1. The number of nitrogens with zero attached hydrogens (tertiary/aromatic N) is 2. The molecule has 1 N–H and O–H groups in total. The first kappa shape index (κ1) is 9.40. The van der Waals surface area contributed by atoms with Crippen LogP contribution in [0, 0.1) is 0 Å². The van der Waals surface area contributed by atoms with Crippen LogP contribution in [0.25, 0.3) is 0 Å². The van der Waals surface area contributed by atoms with E-state index in [0.29, 0.717) is 5.56 Å². The van der Waals surface area contributed by atoms with Gasteiger partial charge in [-0.05, 0) is 6.07 Å². The van der Waals surface area contributed by atoms with Gasteiger partial charge in [0.1, 0.15) is 12.5 Å². The fourth-order valence-electron chi connectivity index (χ4n) is 1.70. The number of rotatable bonds is 2. The molecule has 1 fully saturated rings. The zero-order chi connectivity index (χ0) is 9.80. The average Bonchev–Trinajstić information content (AvgIpc) is 2.30. The smallest absolute Gasteiger partial charge is 0.134 e. The maximum absolute atomic E-state index is 12.7. The fourth-order valence-corrected chi connectivity index (χ4v) is 1.70. The molecule has 76 valence electrons. The van der Waals surface area contributed by atoms with E-state index in [0.717, 1.165) is 32.0 Å². The van der Waals surface area contributed by atoms with Crippen LogP contribution in [0.2, 0.25) is 0 Å². The number of halogens is 1. The van der Waals surface area contributed by atoms with E-state index in [1.807, 2.05) is 0 Å². The summed E-state index contributed by atoms with van der Waals surface area (Å²) in [6.45, 7) is 3.27. The lowest BCUT2D eigenvalue weighted by molar-refractivity contribution is 0.481. The molecular formula is C10H14FN3. The quantitative estimate of drug-likeness (QED) is 0.762. The maximum Gasteiger partial charge on any atom is 0.134 e. The molecule has 1 aliphatic rings. The summed E-state index contributed by atoms with van der Waals surface area (Å²) in [6, 6.07) is 3.57. The topological polar surface area (TPSA) is 28.2 Å². The third kappa shape index (κ3) is 1.85. The Kier molecular flexibility index (Phi) is 2.93. The van der Waals surface area contributed by atoms with E-state index in [1.165, 1.54) is 0 Å². The molecule has 0 bridgehead atoms. The molecule has 0 atom stereocenters. The van der Waals surface area contributed by atoms with Crippen molar-refractivity contribution >= 4 is 5.82 Å². The largest absolute Gasteiger partial charge is 0.354 e. The van der Waals surface area contributed by atoms with Gasteiger partial charge in [0.15, 0.2) is 0 Å². The molecule has 0 radical (unpaired) electrons. The molecule has 2 rings (SSSR count). The zero-order valence-corrected chi connectivity index (χ0v) is 8.04. The van der Waals surface area contributed by atoms with Crippen molar-refractivity contribution in [1.82, 2.24) is 10.3 Å². The molecule has 1 saturated heterocycles. The predicted molar refractivity (Wildman–Crippen MR) is 54.1 cm³/mol. The molecule has 0 amide bonds. The first-order valence-corrected chi connectivity index (χ1v) is 4.87. The Morgan fingerprint density at radius 1 is 1.43 bits per heavy atom. The highest BCUT2D eigenvalue weighted by Crippen LogP contribution is 2.18. The number of pyridine rings is 1. The molecule has 1 aromatic rings. The summed E-state index contributed by atoms with van der Waals surface area (Å²) >= 11 is 0. The first-order valence-electron chi connectivity index (χ1n) is 4.87. The number of anilines is 1. The summed E-state index contributed by atoms with van der Waals surface area (Å²) in [7, 11) is 0. The minimum atomic E-state index is -0.437. The summed E-state index contributed by atoms with van der Waals surface area (Å²) in [5.41, 5.74) is 0.689. The van der Waals surface area contributed by atoms with E-state index in [4.69, 9.17) is 0 Å². The number of nitrogens with one attached hydrogen (secondary N) is 1. The molecule has 14 heavy (non-hydrogen) atoms. The van der Waals surface area contributed by atoms with Crippen molar-refractivity contribution in [2.75, 3.05) is 31.1 Å². The molecule has 0 unspecified atom stereocenters. The van der Waals surface area contributed by atoms with Crippen molar-refractivity contribution in [2.45, 2.75) is 6.67 Å². The first-order chi connectivity index (χ1) is 6.92. The predicted octanol–water partition coefficient (Wildman–Crippen LogP) is 0.961. The van der Waals surface area contributed by atoms with Crippen LogP contribution in [-0.4, -0.2) is 31.2 Å². The number of alkyl halides is 1. The Morgan fingerprint density at radius 3 is 2.93 bits per heavy atom. The third-order valence-electron chi connectivity index (χ3n) is 2.43. The van der Waals surface area contributed by atoms with Crippen molar-refractivity contribution in [1.29, 1.82) is 0 Å². The molecule has 0 aromatic carbocycles. The van der Waals surface area contributed by atoms with E-state index in [1.54, 1.807) is 18.3 Å². The monoisotopic (exact) mass is 195 g/mol. The van der Waals surface area contributed by atoms with Gasteiger partial charge in [0.2, 0.25) is 0 Å². The highest BCUT2D eigenvalue weighted by Gasteiger charge is 2.14. The van der Waals surface area contributed by atoms with E-state index in [2.05, 4.69) is 15.2 Å². The molecular weight excluding hydrogens is 181 g/mol. The summed E-state index contributed by atoms with van der Waals surface area (Å²) < 4.78 is 12.7. The Bertz CT molecular complexity index is 297. The number of piperazine rings is 1. The van der Waals surface area contributed by atoms with Gasteiger partial charge >= 0.3 is 0 Å². The van der Waals surface area contributed by atoms with Crippen molar-refractivity contribution in [3.63, 3.8) is 0 Å². The zero-order valence-electron chi connectivity index (χ0n) is 8.04. The van der Waals surface area contributed by atoms with Crippen molar-refractivity contribution in [3.05, 3.63) is 23.9 Å². The molecule has 1 aliphatic heterocycles. The van der Waals surface area contributed by atoms with Crippen LogP contribution < -0.4 is 10.2 Å². The standard InChI is InChI=1S/C10H14FN3/c11-8-9-2-1-3-13-10(9)14-6-4-12-5-7-14/h1-3,12H,4-8H2. The molecule has 2 heterocycles. The Morgan fingerprint density at radius 2 is 2.21 bits per heavy atom. The van der Waals surface area contributed by atoms with Gasteiger partial charge in [-0.3, -0.25) is 0 Å². The van der Waals surface area contributed by atoms with Crippen LogP contribution in [0.4, 0.5) is 10.2 Å². The summed E-state index contributed by atoms with van der Waals surface area (Å²) in [5.74, 6) is 0.802. The van der Waals surface area contributed by atoms with Crippen molar-refractivity contribution in [2.24, 2.45) is 0 Å². The molecule has 1 aromatic heterocycles. The molecule has 3 nitrogen and oxygen atoms in total. The number of hydrogen-bond acceptors (Lipinski definition) is 3. The molecule has 0 aliphatic carbocycles. The second kappa shape index (κ2) is 4.37.